The summed E-state index contributed by atoms with van der Waals surface area (Å²) >= 11 is 0. The molecule has 1 aromatic carbocycles. The first kappa shape index (κ1) is 17.5. The Morgan fingerprint density at radius 3 is 2.17 bits per heavy atom. The number of carbonyl (C=O) groups is 2. The molecule has 1 aliphatic heterocycles. The highest BCUT2D eigenvalue weighted by Gasteiger charge is 2.24. The molecule has 0 saturated carbocycles. The highest BCUT2D eigenvalue weighted by molar-refractivity contribution is 5.93. The lowest BCUT2D eigenvalue weighted by Crippen LogP contribution is -2.40. The van der Waals surface area contributed by atoms with Gasteiger partial charge < -0.3 is 9.80 Å². The number of rotatable bonds is 4. The van der Waals surface area contributed by atoms with E-state index in [0.717, 1.165) is 37.9 Å². The highest BCUT2D eigenvalue weighted by Crippen LogP contribution is 2.23. The molecule has 4 heteroatoms. The Balaban J connectivity index is 1.87. The maximum Gasteiger partial charge on any atom is 0.253 e. The van der Waals surface area contributed by atoms with Gasteiger partial charge in [0.05, 0.1) is 0 Å². The van der Waals surface area contributed by atoms with Crippen LogP contribution >= 0.6 is 0 Å². The lowest BCUT2D eigenvalue weighted by molar-refractivity contribution is -0.135. The summed E-state index contributed by atoms with van der Waals surface area (Å²) in [4.78, 5) is 27.5. The lowest BCUT2D eigenvalue weighted by Gasteiger charge is -2.33. The van der Waals surface area contributed by atoms with Crippen molar-refractivity contribution < 1.29 is 9.59 Å². The standard InChI is InChI=1S/C19H28N2O2/c1-14(2)18(22)21-11-9-16(10-12-21)13-15-5-7-17(8-6-15)19(23)20(3)4/h5-8,14,16H,9-13H2,1-4H3. The molecule has 0 N–H and O–H groups in total. The van der Waals surface area contributed by atoms with Crippen molar-refractivity contribution in [2.45, 2.75) is 33.1 Å². The summed E-state index contributed by atoms with van der Waals surface area (Å²) in [5.41, 5.74) is 2.00. The topological polar surface area (TPSA) is 40.6 Å². The Bertz CT molecular complexity index is 541. The van der Waals surface area contributed by atoms with E-state index < -0.39 is 0 Å². The predicted molar refractivity (Wildman–Crippen MR) is 92.3 cm³/mol. The molecule has 0 aromatic heterocycles. The van der Waals surface area contributed by atoms with Gasteiger partial charge in [0, 0.05) is 38.7 Å². The van der Waals surface area contributed by atoms with E-state index in [1.165, 1.54) is 5.56 Å². The third-order valence-electron chi connectivity index (χ3n) is 4.55. The van der Waals surface area contributed by atoms with Crippen LogP contribution in [0.2, 0.25) is 0 Å². The molecule has 0 bridgehead atoms. The molecule has 1 heterocycles. The van der Waals surface area contributed by atoms with E-state index in [-0.39, 0.29) is 17.7 Å². The second-order valence-corrected chi connectivity index (χ2v) is 7.02. The van der Waals surface area contributed by atoms with E-state index in [4.69, 9.17) is 0 Å². The SMILES string of the molecule is CC(C)C(=O)N1CCC(Cc2ccc(C(=O)N(C)C)cc2)CC1. The van der Waals surface area contributed by atoms with Crippen LogP contribution in [0.3, 0.4) is 0 Å². The van der Waals surface area contributed by atoms with Gasteiger partial charge in [-0.3, -0.25) is 9.59 Å². The van der Waals surface area contributed by atoms with Crippen molar-refractivity contribution in [3.05, 3.63) is 35.4 Å². The number of piperidine rings is 1. The first-order chi connectivity index (χ1) is 10.9. The molecule has 126 valence electrons. The van der Waals surface area contributed by atoms with E-state index in [1.807, 2.05) is 30.9 Å². The normalized spacial score (nSPS) is 15.8. The van der Waals surface area contributed by atoms with E-state index in [2.05, 4.69) is 12.1 Å². The molecule has 4 nitrogen and oxygen atoms in total. The fourth-order valence-electron chi connectivity index (χ4n) is 3.10. The Morgan fingerprint density at radius 1 is 1.13 bits per heavy atom. The van der Waals surface area contributed by atoms with Gasteiger partial charge in [-0.1, -0.05) is 26.0 Å². The number of benzene rings is 1. The molecule has 0 radical (unpaired) electrons. The van der Waals surface area contributed by atoms with Gasteiger partial charge in [-0.15, -0.1) is 0 Å². The Hall–Kier alpha value is -1.84. The molecule has 1 aromatic rings. The van der Waals surface area contributed by atoms with Crippen LogP contribution in [0.15, 0.2) is 24.3 Å². The predicted octanol–water partition coefficient (Wildman–Crippen LogP) is 2.83. The third-order valence-corrected chi connectivity index (χ3v) is 4.55. The van der Waals surface area contributed by atoms with Crippen molar-refractivity contribution in [1.82, 2.24) is 9.80 Å². The number of hydrogen-bond donors (Lipinski definition) is 0. The molecule has 0 atom stereocenters. The molecule has 0 spiro atoms. The fourth-order valence-corrected chi connectivity index (χ4v) is 3.10. The van der Waals surface area contributed by atoms with Crippen LogP contribution in [0, 0.1) is 11.8 Å². The van der Waals surface area contributed by atoms with Gasteiger partial charge in [-0.25, -0.2) is 0 Å². The lowest BCUT2D eigenvalue weighted by atomic mass is 9.89. The smallest absolute Gasteiger partial charge is 0.253 e. The van der Waals surface area contributed by atoms with Crippen LogP contribution in [0.5, 0.6) is 0 Å². The summed E-state index contributed by atoms with van der Waals surface area (Å²) in [7, 11) is 3.53. The van der Waals surface area contributed by atoms with Crippen molar-refractivity contribution in [2.24, 2.45) is 11.8 Å². The first-order valence-electron chi connectivity index (χ1n) is 8.48. The summed E-state index contributed by atoms with van der Waals surface area (Å²) in [5.74, 6) is 1.03. The summed E-state index contributed by atoms with van der Waals surface area (Å²) in [6, 6.07) is 7.94. The second-order valence-electron chi connectivity index (χ2n) is 7.02. The average Bonchev–Trinajstić information content (AvgIpc) is 2.54. The van der Waals surface area contributed by atoms with Crippen molar-refractivity contribution in [2.75, 3.05) is 27.2 Å². The van der Waals surface area contributed by atoms with Gasteiger partial charge >= 0.3 is 0 Å². The van der Waals surface area contributed by atoms with Gasteiger partial charge in [0.1, 0.15) is 0 Å². The molecule has 0 unspecified atom stereocenters. The zero-order chi connectivity index (χ0) is 17.0. The number of likely N-dealkylation sites (tertiary alicyclic amines) is 1. The van der Waals surface area contributed by atoms with E-state index in [0.29, 0.717) is 5.92 Å². The van der Waals surface area contributed by atoms with E-state index >= 15 is 0 Å². The quantitative estimate of drug-likeness (QED) is 0.857. The van der Waals surface area contributed by atoms with Crippen LogP contribution in [0.4, 0.5) is 0 Å². The van der Waals surface area contributed by atoms with E-state index in [1.54, 1.807) is 19.0 Å². The molecule has 1 aliphatic rings. The second kappa shape index (κ2) is 7.62. The molecule has 2 amide bonds. The monoisotopic (exact) mass is 316 g/mol. The molecule has 2 rings (SSSR count). The van der Waals surface area contributed by atoms with Crippen LogP contribution in [0.25, 0.3) is 0 Å². The molecule has 1 fully saturated rings. The van der Waals surface area contributed by atoms with Crippen LogP contribution in [-0.4, -0.2) is 48.8 Å². The molecular weight excluding hydrogens is 288 g/mol. The first-order valence-corrected chi connectivity index (χ1v) is 8.48. The number of amides is 2. The largest absolute Gasteiger partial charge is 0.345 e. The van der Waals surface area contributed by atoms with Crippen LogP contribution in [0.1, 0.15) is 42.6 Å². The third kappa shape index (κ3) is 4.57. The van der Waals surface area contributed by atoms with Crippen molar-refractivity contribution in [3.63, 3.8) is 0 Å². The maximum absolute atomic E-state index is 12.0. The summed E-state index contributed by atoms with van der Waals surface area (Å²) in [5, 5.41) is 0. The minimum atomic E-state index is 0.0389. The molecule has 23 heavy (non-hydrogen) atoms. The Labute approximate surface area is 139 Å². The van der Waals surface area contributed by atoms with Gasteiger partial charge in [0.15, 0.2) is 0 Å². The van der Waals surface area contributed by atoms with Crippen LogP contribution in [-0.2, 0) is 11.2 Å². The minimum absolute atomic E-state index is 0.0389. The molecular formula is C19H28N2O2. The maximum atomic E-state index is 12.0. The summed E-state index contributed by atoms with van der Waals surface area (Å²) < 4.78 is 0. The molecule has 0 aliphatic carbocycles. The van der Waals surface area contributed by atoms with Gasteiger partial charge in [0.25, 0.3) is 5.91 Å². The Kier molecular flexibility index (Phi) is 5.80. The average molecular weight is 316 g/mol. The van der Waals surface area contributed by atoms with Gasteiger partial charge in [0.2, 0.25) is 5.91 Å². The fraction of sp³-hybridized carbons (Fsp3) is 0.579. The van der Waals surface area contributed by atoms with Gasteiger partial charge in [-0.05, 0) is 42.9 Å². The highest BCUT2D eigenvalue weighted by atomic mass is 16.2. The zero-order valence-corrected chi connectivity index (χ0v) is 14.7. The number of carbonyl (C=O) groups excluding carboxylic acids is 2. The van der Waals surface area contributed by atoms with Crippen LogP contribution < -0.4 is 0 Å². The van der Waals surface area contributed by atoms with Gasteiger partial charge in [-0.2, -0.15) is 0 Å². The van der Waals surface area contributed by atoms with Crippen molar-refractivity contribution in [1.29, 1.82) is 0 Å². The Morgan fingerprint density at radius 2 is 1.70 bits per heavy atom. The van der Waals surface area contributed by atoms with Crippen molar-refractivity contribution >= 4 is 11.8 Å². The number of hydrogen-bond acceptors (Lipinski definition) is 2. The summed E-state index contributed by atoms with van der Waals surface area (Å²) in [6.07, 6.45) is 3.16. The zero-order valence-electron chi connectivity index (χ0n) is 14.7. The number of nitrogens with zero attached hydrogens (tertiary/aromatic N) is 2. The summed E-state index contributed by atoms with van der Waals surface area (Å²) in [6.45, 7) is 5.67. The van der Waals surface area contributed by atoms with E-state index in [9.17, 15) is 9.59 Å². The minimum Gasteiger partial charge on any atom is -0.345 e. The van der Waals surface area contributed by atoms with Crippen molar-refractivity contribution in [3.8, 4) is 0 Å². The molecule has 1 saturated heterocycles.